The van der Waals surface area contributed by atoms with Gasteiger partial charge < -0.3 is 23.8 Å². The number of nitrogens with one attached hydrogen (secondary N) is 1. The third kappa shape index (κ3) is 3.83. The van der Waals surface area contributed by atoms with Crippen LogP contribution in [-0.2, 0) is 24.9 Å². The van der Waals surface area contributed by atoms with Crippen molar-refractivity contribution in [2.75, 3.05) is 51.4 Å². The molecule has 1 N–H and O–H groups in total. The van der Waals surface area contributed by atoms with Crippen LogP contribution in [0.1, 0.15) is 6.92 Å². The Labute approximate surface area is 191 Å². The summed E-state index contributed by atoms with van der Waals surface area (Å²) >= 11 is 0. The van der Waals surface area contributed by atoms with Crippen molar-refractivity contribution in [1.82, 2.24) is 18.7 Å². The number of nitrogens with zero attached hydrogens (tertiary/aromatic N) is 5. The molecule has 0 spiro atoms. The number of aromatic nitrogens is 4. The fourth-order valence-corrected chi connectivity index (χ4v) is 4.86. The van der Waals surface area contributed by atoms with E-state index in [2.05, 4.69) is 11.8 Å². The highest BCUT2D eigenvalue weighted by Crippen LogP contribution is 2.33. The SMILES string of the molecule is COc1ccc(N2C[C@@H](C)Cn3c2nc2c3c(=O)n(CC[NH+]3CCOCC3)c(=O)n2C)cc1. The topological polar surface area (TPSA) is 88.0 Å². The molecule has 4 heterocycles. The van der Waals surface area contributed by atoms with Gasteiger partial charge in [0.15, 0.2) is 11.2 Å². The van der Waals surface area contributed by atoms with E-state index < -0.39 is 0 Å². The number of hydrogen-bond donors (Lipinski definition) is 1. The number of quaternary nitrogens is 1. The van der Waals surface area contributed by atoms with Crippen LogP contribution in [0.3, 0.4) is 0 Å². The number of morpholine rings is 1. The summed E-state index contributed by atoms with van der Waals surface area (Å²) in [7, 11) is 3.34. The second-order valence-corrected chi connectivity index (χ2v) is 9.02. The van der Waals surface area contributed by atoms with Gasteiger partial charge in [0.2, 0.25) is 5.95 Å². The van der Waals surface area contributed by atoms with Crippen LogP contribution < -0.4 is 25.8 Å². The number of rotatable bonds is 5. The highest BCUT2D eigenvalue weighted by molar-refractivity contribution is 5.77. The van der Waals surface area contributed by atoms with E-state index in [9.17, 15) is 9.59 Å². The van der Waals surface area contributed by atoms with Crippen molar-refractivity contribution in [3.05, 3.63) is 45.1 Å². The summed E-state index contributed by atoms with van der Waals surface area (Å²) in [5, 5.41) is 0. The molecule has 0 saturated carbocycles. The molecule has 10 nitrogen and oxygen atoms in total. The third-order valence-corrected chi connectivity index (χ3v) is 6.72. The number of aryl methyl sites for hydroxylation is 1. The Bertz CT molecular complexity index is 1270. The number of methoxy groups -OCH3 is 1. The third-order valence-electron chi connectivity index (χ3n) is 6.72. The quantitative estimate of drug-likeness (QED) is 0.564. The standard InChI is InChI=1S/C23H30N6O4/c1-16-14-28(17-4-6-18(32-3)7-5-17)22-24-20-19(29(22)15-16)21(30)27(23(31)25(20)2)9-8-26-10-12-33-13-11-26/h4-7,16H,8-15H2,1-3H3/p+1/t16-/m1/s1. The van der Waals surface area contributed by atoms with Crippen LogP contribution >= 0.6 is 0 Å². The van der Waals surface area contributed by atoms with Gasteiger partial charge >= 0.3 is 5.69 Å². The molecule has 176 valence electrons. The van der Waals surface area contributed by atoms with Crippen molar-refractivity contribution in [2.45, 2.75) is 20.0 Å². The van der Waals surface area contributed by atoms with Crippen LogP contribution in [0.5, 0.6) is 5.75 Å². The summed E-state index contributed by atoms with van der Waals surface area (Å²) in [5.74, 6) is 1.78. The van der Waals surface area contributed by atoms with Gasteiger partial charge in [0.25, 0.3) is 5.56 Å². The molecular formula is C23H31N6O4+. The fourth-order valence-electron chi connectivity index (χ4n) is 4.86. The normalized spacial score (nSPS) is 19.1. The largest absolute Gasteiger partial charge is 0.497 e. The van der Waals surface area contributed by atoms with Crippen molar-refractivity contribution >= 4 is 22.8 Å². The summed E-state index contributed by atoms with van der Waals surface area (Å²) < 4.78 is 15.6. The molecular weight excluding hydrogens is 424 g/mol. The van der Waals surface area contributed by atoms with Gasteiger partial charge in [0.05, 0.1) is 33.4 Å². The molecule has 33 heavy (non-hydrogen) atoms. The Hall–Kier alpha value is -3.11. The van der Waals surface area contributed by atoms with Gasteiger partial charge in [-0.3, -0.25) is 13.9 Å². The lowest BCUT2D eigenvalue weighted by molar-refractivity contribution is -0.908. The number of fused-ring (bicyclic) bond motifs is 3. The number of ether oxygens (including phenoxy) is 2. The summed E-state index contributed by atoms with van der Waals surface area (Å²) in [5.41, 5.74) is 1.32. The molecule has 2 aliphatic rings. The first-order chi connectivity index (χ1) is 16.0. The van der Waals surface area contributed by atoms with Crippen molar-refractivity contribution in [1.29, 1.82) is 0 Å². The van der Waals surface area contributed by atoms with E-state index >= 15 is 0 Å². The molecule has 5 rings (SSSR count). The van der Waals surface area contributed by atoms with Crippen LogP contribution in [0.25, 0.3) is 11.2 Å². The highest BCUT2D eigenvalue weighted by atomic mass is 16.5. The number of imidazole rings is 1. The predicted octanol–water partition coefficient (Wildman–Crippen LogP) is -0.392. The summed E-state index contributed by atoms with van der Waals surface area (Å²) in [6, 6.07) is 7.81. The predicted molar refractivity (Wildman–Crippen MR) is 125 cm³/mol. The molecule has 1 saturated heterocycles. The van der Waals surface area contributed by atoms with Gasteiger partial charge in [-0.2, -0.15) is 4.98 Å². The molecule has 1 atom stereocenters. The second-order valence-electron chi connectivity index (χ2n) is 9.02. The Balaban J connectivity index is 1.58. The van der Waals surface area contributed by atoms with Crippen LogP contribution in [0.4, 0.5) is 11.6 Å². The van der Waals surface area contributed by atoms with E-state index in [0.29, 0.717) is 36.1 Å². The van der Waals surface area contributed by atoms with Crippen molar-refractivity contribution in [3.63, 3.8) is 0 Å². The van der Waals surface area contributed by atoms with Crippen molar-refractivity contribution < 1.29 is 14.4 Å². The molecule has 0 amide bonds. The first-order valence-corrected chi connectivity index (χ1v) is 11.5. The van der Waals surface area contributed by atoms with E-state index in [1.165, 1.54) is 14.0 Å². The lowest BCUT2D eigenvalue weighted by Gasteiger charge is -2.33. The van der Waals surface area contributed by atoms with Crippen LogP contribution in [0.2, 0.25) is 0 Å². The first-order valence-electron chi connectivity index (χ1n) is 11.5. The van der Waals surface area contributed by atoms with E-state index in [-0.39, 0.29) is 11.2 Å². The second kappa shape index (κ2) is 8.68. The monoisotopic (exact) mass is 455 g/mol. The molecule has 2 aliphatic heterocycles. The summed E-state index contributed by atoms with van der Waals surface area (Å²) in [4.78, 5) is 34.9. The zero-order chi connectivity index (χ0) is 23.1. The Kier molecular flexibility index (Phi) is 5.71. The molecule has 1 aromatic carbocycles. The summed E-state index contributed by atoms with van der Waals surface area (Å²) in [6.45, 7) is 7.95. The average Bonchev–Trinajstić information content (AvgIpc) is 3.22. The minimum Gasteiger partial charge on any atom is -0.497 e. The number of benzene rings is 1. The van der Waals surface area contributed by atoms with Gasteiger partial charge in [-0.15, -0.1) is 0 Å². The summed E-state index contributed by atoms with van der Waals surface area (Å²) in [6.07, 6.45) is 0. The van der Waals surface area contributed by atoms with E-state index in [0.717, 1.165) is 50.8 Å². The number of hydrogen-bond acceptors (Lipinski definition) is 6. The zero-order valence-electron chi connectivity index (χ0n) is 19.4. The lowest BCUT2D eigenvalue weighted by atomic mass is 10.1. The van der Waals surface area contributed by atoms with Gasteiger partial charge in [-0.1, -0.05) is 6.92 Å². The minimum absolute atomic E-state index is 0.261. The van der Waals surface area contributed by atoms with Gasteiger partial charge in [-0.25, -0.2) is 4.79 Å². The average molecular weight is 456 g/mol. The number of anilines is 2. The molecule has 0 bridgehead atoms. The first kappa shape index (κ1) is 21.7. The van der Waals surface area contributed by atoms with Crippen LogP contribution in [0.15, 0.2) is 33.9 Å². The lowest BCUT2D eigenvalue weighted by Crippen LogP contribution is -3.14. The Morgan fingerprint density at radius 3 is 2.58 bits per heavy atom. The van der Waals surface area contributed by atoms with E-state index in [4.69, 9.17) is 14.5 Å². The Morgan fingerprint density at radius 1 is 1.15 bits per heavy atom. The molecule has 0 radical (unpaired) electrons. The van der Waals surface area contributed by atoms with Gasteiger partial charge in [-0.05, 0) is 30.2 Å². The zero-order valence-corrected chi connectivity index (χ0v) is 19.4. The van der Waals surface area contributed by atoms with Crippen LogP contribution in [0, 0.1) is 5.92 Å². The van der Waals surface area contributed by atoms with Gasteiger partial charge in [0, 0.05) is 25.8 Å². The molecule has 1 fully saturated rings. The van der Waals surface area contributed by atoms with E-state index in [1.54, 1.807) is 14.2 Å². The maximum atomic E-state index is 13.6. The van der Waals surface area contributed by atoms with Crippen LogP contribution in [-0.4, -0.2) is 65.2 Å². The molecule has 0 aliphatic carbocycles. The van der Waals surface area contributed by atoms with Crippen molar-refractivity contribution in [2.24, 2.45) is 13.0 Å². The van der Waals surface area contributed by atoms with E-state index in [1.807, 2.05) is 28.8 Å². The Morgan fingerprint density at radius 2 is 1.88 bits per heavy atom. The highest BCUT2D eigenvalue weighted by Gasteiger charge is 2.30. The molecule has 10 heteroatoms. The fraction of sp³-hybridized carbons (Fsp3) is 0.522. The maximum Gasteiger partial charge on any atom is 0.332 e. The van der Waals surface area contributed by atoms with Gasteiger partial charge in [0.1, 0.15) is 18.8 Å². The van der Waals surface area contributed by atoms with Crippen molar-refractivity contribution in [3.8, 4) is 5.75 Å². The molecule has 3 aromatic rings. The smallest absolute Gasteiger partial charge is 0.332 e. The molecule has 0 unspecified atom stereocenters. The minimum atomic E-state index is -0.320. The maximum absolute atomic E-state index is 13.6. The molecule has 2 aromatic heterocycles.